The molecule has 114 valence electrons. The number of aliphatic hydroxyl groups is 1. The van der Waals surface area contributed by atoms with Crippen molar-refractivity contribution in [3.05, 3.63) is 39.7 Å². The topological polar surface area (TPSA) is 59.7 Å². The molecule has 1 heterocycles. The van der Waals surface area contributed by atoms with Crippen LogP contribution in [0.15, 0.2) is 27.4 Å². The average molecular weight is 290 g/mol. The molecule has 0 radical (unpaired) electrons. The van der Waals surface area contributed by atoms with E-state index in [1.807, 2.05) is 19.1 Å². The fourth-order valence-electron chi connectivity index (χ4n) is 2.33. The number of aliphatic hydroxyl groups excluding tert-OH is 1. The summed E-state index contributed by atoms with van der Waals surface area (Å²) < 4.78 is 11.0. The van der Waals surface area contributed by atoms with Crippen LogP contribution >= 0.6 is 0 Å². The van der Waals surface area contributed by atoms with Gasteiger partial charge in [-0.05, 0) is 38.0 Å². The van der Waals surface area contributed by atoms with Crippen LogP contribution in [-0.2, 0) is 6.42 Å². The van der Waals surface area contributed by atoms with E-state index in [1.54, 1.807) is 13.0 Å². The maximum atomic E-state index is 12.0. The second-order valence-corrected chi connectivity index (χ2v) is 5.41. The third-order valence-corrected chi connectivity index (χ3v) is 3.52. The molecule has 1 atom stereocenters. The molecule has 0 fully saturated rings. The van der Waals surface area contributed by atoms with Crippen molar-refractivity contribution in [2.45, 2.75) is 46.1 Å². The molecule has 0 aliphatic heterocycles. The van der Waals surface area contributed by atoms with Crippen LogP contribution in [0.25, 0.3) is 11.0 Å². The minimum absolute atomic E-state index is 0.304. The first-order chi connectivity index (χ1) is 10.0. The molecule has 1 aromatic carbocycles. The van der Waals surface area contributed by atoms with E-state index in [-0.39, 0.29) is 5.63 Å². The summed E-state index contributed by atoms with van der Waals surface area (Å²) in [6, 6.07) is 5.54. The highest BCUT2D eigenvalue weighted by Crippen LogP contribution is 2.24. The van der Waals surface area contributed by atoms with Gasteiger partial charge in [0.25, 0.3) is 0 Å². The summed E-state index contributed by atoms with van der Waals surface area (Å²) in [6.07, 6.45) is 1.80. The Hall–Kier alpha value is -1.81. The predicted molar refractivity (Wildman–Crippen MR) is 83.0 cm³/mol. The zero-order valence-corrected chi connectivity index (χ0v) is 12.8. The smallest absolute Gasteiger partial charge is 0.339 e. The Morgan fingerprint density at radius 3 is 2.81 bits per heavy atom. The Bertz CT molecular complexity index is 670. The number of ether oxygens (including phenoxy) is 1. The molecule has 2 rings (SSSR count). The van der Waals surface area contributed by atoms with Crippen LogP contribution in [0.3, 0.4) is 0 Å². The van der Waals surface area contributed by atoms with E-state index in [4.69, 9.17) is 9.15 Å². The lowest BCUT2D eigenvalue weighted by atomic mass is 10.0. The van der Waals surface area contributed by atoms with Gasteiger partial charge in [-0.15, -0.1) is 0 Å². The molecule has 0 bridgehead atoms. The van der Waals surface area contributed by atoms with Crippen LogP contribution in [0.2, 0.25) is 0 Å². The SMILES string of the molecule is CCCCOc1ccc2c(C)c(C[C@H](C)O)c(=O)oc2c1. The lowest BCUT2D eigenvalue weighted by molar-refractivity contribution is 0.194. The van der Waals surface area contributed by atoms with E-state index in [9.17, 15) is 9.90 Å². The largest absolute Gasteiger partial charge is 0.493 e. The molecule has 0 saturated carbocycles. The standard InChI is InChI=1S/C17H22O4/c1-4-5-8-20-13-6-7-14-12(3)15(9-11(2)18)17(19)21-16(14)10-13/h6-7,10-11,18H,4-5,8-9H2,1-3H3/t11-/m0/s1. The molecule has 0 spiro atoms. The minimum Gasteiger partial charge on any atom is -0.493 e. The van der Waals surface area contributed by atoms with Gasteiger partial charge in [0, 0.05) is 23.4 Å². The van der Waals surface area contributed by atoms with Crippen molar-refractivity contribution >= 4 is 11.0 Å². The number of hydrogen-bond donors (Lipinski definition) is 1. The van der Waals surface area contributed by atoms with Crippen molar-refractivity contribution < 1.29 is 14.3 Å². The monoisotopic (exact) mass is 290 g/mol. The molecular formula is C17H22O4. The average Bonchev–Trinajstić information content (AvgIpc) is 2.43. The van der Waals surface area contributed by atoms with Gasteiger partial charge in [-0.25, -0.2) is 4.79 Å². The molecular weight excluding hydrogens is 268 g/mol. The third kappa shape index (κ3) is 3.64. The second kappa shape index (κ2) is 6.76. The lowest BCUT2D eigenvalue weighted by Gasteiger charge is -2.11. The van der Waals surface area contributed by atoms with Gasteiger partial charge in [-0.2, -0.15) is 0 Å². The highest BCUT2D eigenvalue weighted by atomic mass is 16.5. The van der Waals surface area contributed by atoms with Gasteiger partial charge in [0.2, 0.25) is 0 Å². The van der Waals surface area contributed by atoms with Gasteiger partial charge in [0.15, 0.2) is 0 Å². The number of aryl methyl sites for hydroxylation is 1. The van der Waals surface area contributed by atoms with Crippen molar-refractivity contribution in [1.29, 1.82) is 0 Å². The van der Waals surface area contributed by atoms with Crippen molar-refractivity contribution in [1.82, 2.24) is 0 Å². The molecule has 0 saturated heterocycles. The van der Waals surface area contributed by atoms with Gasteiger partial charge in [0.1, 0.15) is 11.3 Å². The van der Waals surface area contributed by atoms with Crippen LogP contribution < -0.4 is 10.4 Å². The van der Waals surface area contributed by atoms with E-state index in [0.717, 1.165) is 23.8 Å². The van der Waals surface area contributed by atoms with Gasteiger partial charge in [-0.3, -0.25) is 0 Å². The Kier molecular flexibility index (Phi) is 5.02. The van der Waals surface area contributed by atoms with Crippen LogP contribution in [0, 0.1) is 6.92 Å². The Balaban J connectivity index is 2.39. The molecule has 0 aliphatic carbocycles. The third-order valence-electron chi connectivity index (χ3n) is 3.52. The summed E-state index contributed by atoms with van der Waals surface area (Å²) >= 11 is 0. The summed E-state index contributed by atoms with van der Waals surface area (Å²) in [5.41, 5.74) is 1.55. The molecule has 4 heteroatoms. The molecule has 1 N–H and O–H groups in total. The highest BCUT2D eigenvalue weighted by molar-refractivity contribution is 5.82. The van der Waals surface area contributed by atoms with Gasteiger partial charge in [-0.1, -0.05) is 13.3 Å². The van der Waals surface area contributed by atoms with Crippen molar-refractivity contribution in [2.24, 2.45) is 0 Å². The first-order valence-electron chi connectivity index (χ1n) is 7.40. The Labute approximate surface area is 124 Å². The number of benzene rings is 1. The zero-order valence-electron chi connectivity index (χ0n) is 12.8. The number of rotatable bonds is 6. The summed E-state index contributed by atoms with van der Waals surface area (Å²) in [5, 5.41) is 10.4. The number of hydrogen-bond acceptors (Lipinski definition) is 4. The number of fused-ring (bicyclic) bond motifs is 1. The van der Waals surface area contributed by atoms with E-state index in [2.05, 4.69) is 6.92 Å². The first-order valence-corrected chi connectivity index (χ1v) is 7.40. The van der Waals surface area contributed by atoms with Crippen molar-refractivity contribution in [3.8, 4) is 5.75 Å². The molecule has 2 aromatic rings. The summed E-state index contributed by atoms with van der Waals surface area (Å²) in [7, 11) is 0. The quantitative estimate of drug-likeness (QED) is 0.655. The van der Waals surface area contributed by atoms with Crippen molar-refractivity contribution in [3.63, 3.8) is 0 Å². The molecule has 4 nitrogen and oxygen atoms in total. The zero-order chi connectivity index (χ0) is 15.4. The number of unbranched alkanes of at least 4 members (excludes halogenated alkanes) is 1. The maximum absolute atomic E-state index is 12.0. The van der Waals surface area contributed by atoms with E-state index < -0.39 is 6.10 Å². The summed E-state index contributed by atoms with van der Waals surface area (Å²) in [5.74, 6) is 0.710. The normalized spacial score (nSPS) is 12.6. The molecule has 1 aromatic heterocycles. The summed E-state index contributed by atoms with van der Waals surface area (Å²) in [6.45, 7) is 6.31. The van der Waals surface area contributed by atoms with Crippen LogP contribution in [0.5, 0.6) is 5.75 Å². The predicted octanol–water partition coefficient (Wildman–Crippen LogP) is 3.20. The molecule has 0 unspecified atom stereocenters. The lowest BCUT2D eigenvalue weighted by Crippen LogP contribution is -2.16. The highest BCUT2D eigenvalue weighted by Gasteiger charge is 2.13. The second-order valence-electron chi connectivity index (χ2n) is 5.41. The van der Waals surface area contributed by atoms with E-state index in [1.165, 1.54) is 0 Å². The van der Waals surface area contributed by atoms with Crippen LogP contribution in [0.1, 0.15) is 37.8 Å². The van der Waals surface area contributed by atoms with Crippen LogP contribution in [0.4, 0.5) is 0 Å². The van der Waals surface area contributed by atoms with Crippen molar-refractivity contribution in [2.75, 3.05) is 6.61 Å². The minimum atomic E-state index is -0.569. The molecule has 0 aliphatic rings. The van der Waals surface area contributed by atoms with Crippen LogP contribution in [-0.4, -0.2) is 17.8 Å². The Morgan fingerprint density at radius 1 is 1.38 bits per heavy atom. The van der Waals surface area contributed by atoms with Gasteiger partial charge < -0.3 is 14.3 Å². The van der Waals surface area contributed by atoms with Gasteiger partial charge in [0.05, 0.1) is 12.7 Å². The fraction of sp³-hybridized carbons (Fsp3) is 0.471. The maximum Gasteiger partial charge on any atom is 0.339 e. The van der Waals surface area contributed by atoms with Gasteiger partial charge >= 0.3 is 5.63 Å². The fourth-order valence-corrected chi connectivity index (χ4v) is 2.33. The Morgan fingerprint density at radius 2 is 2.14 bits per heavy atom. The first kappa shape index (κ1) is 15.6. The van der Waals surface area contributed by atoms with E-state index >= 15 is 0 Å². The summed E-state index contributed by atoms with van der Waals surface area (Å²) in [4.78, 5) is 12.0. The molecule has 21 heavy (non-hydrogen) atoms. The van der Waals surface area contributed by atoms with E-state index in [0.29, 0.717) is 29.9 Å². The molecule has 0 amide bonds.